The van der Waals surface area contributed by atoms with E-state index in [1.165, 1.54) is 13.3 Å². The van der Waals surface area contributed by atoms with Gasteiger partial charge in [-0.25, -0.2) is 4.98 Å². The lowest BCUT2D eigenvalue weighted by Crippen LogP contribution is -2.27. The normalized spacial score (nSPS) is 13.6. The second-order valence-corrected chi connectivity index (χ2v) is 6.99. The van der Waals surface area contributed by atoms with E-state index in [1.807, 2.05) is 0 Å². The van der Waals surface area contributed by atoms with Crippen molar-refractivity contribution in [3.05, 3.63) is 50.9 Å². The summed E-state index contributed by atoms with van der Waals surface area (Å²) < 4.78 is 1.03. The number of nitrogens with one attached hydrogen (secondary N) is 1. The van der Waals surface area contributed by atoms with Gasteiger partial charge in [0.25, 0.3) is 5.56 Å². The van der Waals surface area contributed by atoms with Gasteiger partial charge in [0.15, 0.2) is 5.65 Å². The van der Waals surface area contributed by atoms with Gasteiger partial charge in [-0.1, -0.05) is 29.3 Å². The first kappa shape index (κ1) is 17.8. The molecular weight excluding hydrogens is 391 g/mol. The van der Waals surface area contributed by atoms with Crippen molar-refractivity contribution < 1.29 is 9.63 Å². The maximum atomic E-state index is 12.9. The highest BCUT2D eigenvalue weighted by Crippen LogP contribution is 2.34. The van der Waals surface area contributed by atoms with Crippen molar-refractivity contribution in [1.82, 2.24) is 14.7 Å². The molecule has 0 aliphatic heterocycles. The monoisotopic (exact) mass is 404 g/mol. The molecule has 0 radical (unpaired) electrons. The van der Waals surface area contributed by atoms with E-state index in [0.717, 1.165) is 17.6 Å². The molecule has 0 saturated heterocycles. The van der Waals surface area contributed by atoms with Crippen molar-refractivity contribution in [2.24, 2.45) is 5.92 Å². The van der Waals surface area contributed by atoms with E-state index in [9.17, 15) is 9.59 Å². The Morgan fingerprint density at radius 1 is 1.30 bits per heavy atom. The molecule has 9 heteroatoms. The molecule has 0 spiro atoms. The van der Waals surface area contributed by atoms with Crippen LogP contribution in [0, 0.1) is 5.92 Å². The molecule has 1 amide bonds. The minimum Gasteiger partial charge on any atom is -0.412 e. The average Bonchev–Trinajstić information content (AvgIpc) is 3.47. The molecule has 2 heterocycles. The minimum atomic E-state index is -0.474. The van der Waals surface area contributed by atoms with E-state index in [1.54, 1.807) is 24.3 Å². The first-order valence-corrected chi connectivity index (χ1v) is 8.97. The van der Waals surface area contributed by atoms with Gasteiger partial charge < -0.3 is 4.84 Å². The summed E-state index contributed by atoms with van der Waals surface area (Å²) in [5.41, 5.74) is 0.427. The molecule has 7 nitrogen and oxygen atoms in total. The lowest BCUT2D eigenvalue weighted by atomic mass is 10.1. The molecule has 4 rings (SSSR count). The largest absolute Gasteiger partial charge is 0.412 e. The number of benzene rings is 1. The molecule has 0 bridgehead atoms. The topological polar surface area (TPSA) is 86.1 Å². The lowest BCUT2D eigenvalue weighted by Gasteiger charge is -2.13. The van der Waals surface area contributed by atoms with Gasteiger partial charge in [-0.3, -0.25) is 14.9 Å². The number of nitrogens with zero attached hydrogens (tertiary/aromatic N) is 3. The number of anilines is 1. The molecule has 27 heavy (non-hydrogen) atoms. The third kappa shape index (κ3) is 3.24. The molecule has 0 atom stereocenters. The number of carbonyl (C=O) groups excluding carboxylic acids is 1. The van der Waals surface area contributed by atoms with Gasteiger partial charge in [0, 0.05) is 23.1 Å². The Bertz CT molecular complexity index is 1110. The SMILES string of the molecule is COn1c(=O)c(-c2c(Cl)cccc2Cl)cc2cnc(NC(=O)C3CC3)nc21. The van der Waals surface area contributed by atoms with Crippen LogP contribution in [0.15, 0.2) is 35.3 Å². The van der Waals surface area contributed by atoms with Gasteiger partial charge in [0.2, 0.25) is 11.9 Å². The summed E-state index contributed by atoms with van der Waals surface area (Å²) >= 11 is 12.5. The van der Waals surface area contributed by atoms with E-state index in [4.69, 9.17) is 28.0 Å². The highest BCUT2D eigenvalue weighted by Gasteiger charge is 2.30. The molecule has 138 valence electrons. The number of amides is 1. The number of carbonyl (C=O) groups is 1. The zero-order chi connectivity index (χ0) is 19.1. The second-order valence-electron chi connectivity index (χ2n) is 6.17. The fourth-order valence-corrected chi connectivity index (χ4v) is 3.39. The van der Waals surface area contributed by atoms with E-state index in [2.05, 4.69) is 15.3 Å². The van der Waals surface area contributed by atoms with E-state index >= 15 is 0 Å². The van der Waals surface area contributed by atoms with Crippen LogP contribution < -0.4 is 15.7 Å². The van der Waals surface area contributed by atoms with E-state index in [0.29, 0.717) is 21.0 Å². The Kier molecular flexibility index (Phi) is 4.49. The van der Waals surface area contributed by atoms with Crippen LogP contribution in [0.1, 0.15) is 12.8 Å². The van der Waals surface area contributed by atoms with Crippen molar-refractivity contribution in [3.8, 4) is 11.1 Å². The van der Waals surface area contributed by atoms with Gasteiger partial charge >= 0.3 is 0 Å². The van der Waals surface area contributed by atoms with Crippen LogP contribution in [0.25, 0.3) is 22.2 Å². The predicted molar refractivity (Wildman–Crippen MR) is 103 cm³/mol. The van der Waals surface area contributed by atoms with Gasteiger partial charge in [-0.15, -0.1) is 4.73 Å². The average molecular weight is 405 g/mol. The van der Waals surface area contributed by atoms with Crippen LogP contribution in [0.2, 0.25) is 10.0 Å². The number of halogens is 2. The van der Waals surface area contributed by atoms with E-state index in [-0.39, 0.29) is 29.0 Å². The van der Waals surface area contributed by atoms with Gasteiger partial charge in [-0.2, -0.15) is 4.98 Å². The van der Waals surface area contributed by atoms with E-state index < -0.39 is 5.56 Å². The number of rotatable bonds is 4. The molecule has 1 saturated carbocycles. The first-order chi connectivity index (χ1) is 13.0. The summed E-state index contributed by atoms with van der Waals surface area (Å²) in [5, 5.41) is 3.88. The number of aromatic nitrogens is 3. The maximum Gasteiger partial charge on any atom is 0.293 e. The zero-order valence-electron chi connectivity index (χ0n) is 14.2. The Morgan fingerprint density at radius 3 is 2.63 bits per heavy atom. The highest BCUT2D eigenvalue weighted by atomic mass is 35.5. The Morgan fingerprint density at radius 2 is 2.00 bits per heavy atom. The summed E-state index contributed by atoms with van der Waals surface area (Å²) in [6.07, 6.45) is 3.24. The molecule has 1 aliphatic carbocycles. The standard InChI is InChI=1S/C18H14Cl2N4O3/c1-27-24-15-10(8-21-18(22-15)23-16(25)9-5-6-9)7-11(17(24)26)14-12(19)3-2-4-13(14)20/h2-4,7-9H,5-6H2,1H3,(H,21,22,23,25). The van der Waals surface area contributed by atoms with Crippen LogP contribution in [-0.4, -0.2) is 27.7 Å². The highest BCUT2D eigenvalue weighted by molar-refractivity contribution is 6.39. The number of fused-ring (bicyclic) bond motifs is 1. The number of hydrogen-bond acceptors (Lipinski definition) is 5. The minimum absolute atomic E-state index is 0.0126. The summed E-state index contributed by atoms with van der Waals surface area (Å²) in [6, 6.07) is 6.60. The van der Waals surface area contributed by atoms with Gasteiger partial charge in [0.1, 0.15) is 7.11 Å². The maximum absolute atomic E-state index is 12.9. The van der Waals surface area contributed by atoms with Crippen molar-refractivity contribution in [2.45, 2.75) is 12.8 Å². The summed E-state index contributed by atoms with van der Waals surface area (Å²) in [4.78, 5) is 38.5. The molecule has 2 aromatic heterocycles. The molecular formula is C18H14Cl2N4O3. The van der Waals surface area contributed by atoms with Crippen LogP contribution in [0.3, 0.4) is 0 Å². The third-order valence-electron chi connectivity index (χ3n) is 4.30. The second kappa shape index (κ2) is 6.83. The fourth-order valence-electron chi connectivity index (χ4n) is 2.79. The molecule has 3 aromatic rings. The first-order valence-electron chi connectivity index (χ1n) is 8.22. The van der Waals surface area contributed by atoms with Crippen molar-refractivity contribution in [1.29, 1.82) is 0 Å². The van der Waals surface area contributed by atoms with Gasteiger partial charge in [-0.05, 0) is 31.0 Å². The smallest absolute Gasteiger partial charge is 0.293 e. The summed E-state index contributed by atoms with van der Waals surface area (Å²) in [7, 11) is 1.35. The number of hydrogen-bond donors (Lipinski definition) is 1. The molecule has 1 fully saturated rings. The van der Waals surface area contributed by atoms with Crippen molar-refractivity contribution in [3.63, 3.8) is 0 Å². The Balaban J connectivity index is 1.88. The lowest BCUT2D eigenvalue weighted by molar-refractivity contribution is -0.117. The number of pyridine rings is 1. The van der Waals surface area contributed by atoms with Crippen LogP contribution >= 0.6 is 23.2 Å². The van der Waals surface area contributed by atoms with Crippen LogP contribution in [0.4, 0.5) is 5.95 Å². The van der Waals surface area contributed by atoms with Crippen molar-refractivity contribution >= 4 is 46.1 Å². The molecule has 1 aliphatic rings. The molecule has 1 aromatic carbocycles. The molecule has 0 unspecified atom stereocenters. The quantitative estimate of drug-likeness (QED) is 0.721. The Hall–Kier alpha value is -2.64. The Labute approximate surface area is 163 Å². The predicted octanol–water partition coefficient (Wildman–Crippen LogP) is 3.17. The third-order valence-corrected chi connectivity index (χ3v) is 4.93. The summed E-state index contributed by atoms with van der Waals surface area (Å²) in [6.45, 7) is 0. The molecule has 1 N–H and O–H groups in total. The van der Waals surface area contributed by atoms with Gasteiger partial charge in [0.05, 0.1) is 15.6 Å². The zero-order valence-corrected chi connectivity index (χ0v) is 15.7. The van der Waals surface area contributed by atoms with Crippen molar-refractivity contribution in [2.75, 3.05) is 12.4 Å². The van der Waals surface area contributed by atoms with Crippen LogP contribution in [-0.2, 0) is 4.79 Å². The van der Waals surface area contributed by atoms with Crippen LogP contribution in [0.5, 0.6) is 0 Å². The fraction of sp³-hybridized carbons (Fsp3) is 0.222. The summed E-state index contributed by atoms with van der Waals surface area (Å²) in [5.74, 6) is 0.00640.